The average molecular weight is 440 g/mol. The van der Waals surface area contributed by atoms with Gasteiger partial charge in [-0.1, -0.05) is 35.9 Å². The highest BCUT2D eigenvalue weighted by molar-refractivity contribution is 6.32. The second kappa shape index (κ2) is 9.43. The van der Waals surface area contributed by atoms with Gasteiger partial charge in [0.05, 0.1) is 10.7 Å². The van der Waals surface area contributed by atoms with Crippen molar-refractivity contribution in [3.05, 3.63) is 77.1 Å². The molecule has 0 aliphatic carbocycles. The van der Waals surface area contributed by atoms with Gasteiger partial charge in [0, 0.05) is 30.8 Å². The molecule has 160 valence electrons. The van der Waals surface area contributed by atoms with Gasteiger partial charge in [-0.2, -0.15) is 0 Å². The molecule has 2 aromatic carbocycles. The van der Waals surface area contributed by atoms with Crippen LogP contribution in [0.3, 0.4) is 0 Å². The molecule has 4 rings (SSSR count). The van der Waals surface area contributed by atoms with Gasteiger partial charge in [-0.05, 0) is 49.6 Å². The molecule has 0 bridgehead atoms. The molecule has 1 aromatic heterocycles. The second-order valence-electron chi connectivity index (χ2n) is 7.62. The van der Waals surface area contributed by atoms with Gasteiger partial charge in [-0.15, -0.1) is 0 Å². The fraction of sp³-hybridized carbons (Fsp3) is 0.292. The average Bonchev–Trinajstić information content (AvgIpc) is 2.79. The molecule has 1 fully saturated rings. The number of carbonyl (C=O) groups excluding carboxylic acids is 1. The Kier molecular flexibility index (Phi) is 6.47. The molecule has 1 aliphatic heterocycles. The third-order valence-electron chi connectivity index (χ3n) is 5.44. The van der Waals surface area contributed by atoms with E-state index >= 15 is 0 Å². The number of piperidine rings is 1. The number of carbonyl (C=O) groups is 1. The normalized spacial score (nSPS) is 16.2. The molecule has 2 heterocycles. The van der Waals surface area contributed by atoms with Crippen molar-refractivity contribution >= 4 is 17.5 Å². The number of rotatable bonds is 5. The van der Waals surface area contributed by atoms with Crippen molar-refractivity contribution < 1.29 is 13.9 Å². The van der Waals surface area contributed by atoms with Crippen molar-refractivity contribution in [1.29, 1.82) is 0 Å². The summed E-state index contributed by atoms with van der Waals surface area (Å²) in [5, 5.41) is 0.479. The minimum absolute atomic E-state index is 0.0654. The van der Waals surface area contributed by atoms with E-state index in [0.29, 0.717) is 29.7 Å². The number of benzene rings is 2. The molecule has 0 radical (unpaired) electrons. The van der Waals surface area contributed by atoms with E-state index in [1.54, 1.807) is 30.5 Å². The standard InChI is InChI=1S/C24H23ClFN3O2/c1-16-27-13-20(17-8-10-19(26)11-9-17)24(28-16)18-5-4-12-29(14-18)23(30)15-31-22-7-3-2-6-21(22)25/h2-3,6-11,13,18H,4-5,12,14-15H2,1H3. The Morgan fingerprint density at radius 1 is 1.23 bits per heavy atom. The van der Waals surface area contributed by atoms with Crippen molar-refractivity contribution in [2.24, 2.45) is 0 Å². The number of likely N-dealkylation sites (tertiary alicyclic amines) is 1. The Balaban J connectivity index is 1.51. The molecule has 1 aliphatic rings. The molecular formula is C24H23ClFN3O2. The summed E-state index contributed by atoms with van der Waals surface area (Å²) in [6.07, 6.45) is 3.57. The van der Waals surface area contributed by atoms with Gasteiger partial charge in [-0.25, -0.2) is 14.4 Å². The molecule has 1 saturated heterocycles. The quantitative estimate of drug-likeness (QED) is 0.559. The van der Waals surface area contributed by atoms with Crippen LogP contribution in [0.4, 0.5) is 4.39 Å². The van der Waals surface area contributed by atoms with Gasteiger partial charge in [-0.3, -0.25) is 4.79 Å². The first-order valence-electron chi connectivity index (χ1n) is 10.3. The number of hydrogen-bond acceptors (Lipinski definition) is 4. The topological polar surface area (TPSA) is 55.3 Å². The van der Waals surface area contributed by atoms with Crippen molar-refractivity contribution in [3.63, 3.8) is 0 Å². The maximum absolute atomic E-state index is 13.4. The number of para-hydroxylation sites is 1. The van der Waals surface area contributed by atoms with Crippen LogP contribution in [0.5, 0.6) is 5.75 Å². The first kappa shape index (κ1) is 21.2. The van der Waals surface area contributed by atoms with E-state index in [1.807, 2.05) is 24.0 Å². The summed E-state index contributed by atoms with van der Waals surface area (Å²) in [4.78, 5) is 23.7. The summed E-state index contributed by atoms with van der Waals surface area (Å²) in [5.74, 6) is 0.868. The van der Waals surface area contributed by atoms with Crippen LogP contribution in [0, 0.1) is 12.7 Å². The minimum Gasteiger partial charge on any atom is -0.482 e. The smallest absolute Gasteiger partial charge is 0.260 e. The first-order valence-corrected chi connectivity index (χ1v) is 10.6. The van der Waals surface area contributed by atoms with Crippen LogP contribution in [0.15, 0.2) is 54.7 Å². The monoisotopic (exact) mass is 439 g/mol. The highest BCUT2D eigenvalue weighted by Crippen LogP contribution is 2.33. The molecule has 5 nitrogen and oxygen atoms in total. The number of hydrogen-bond donors (Lipinski definition) is 0. The van der Waals surface area contributed by atoms with E-state index in [0.717, 1.165) is 29.7 Å². The summed E-state index contributed by atoms with van der Waals surface area (Å²) in [5.41, 5.74) is 2.63. The van der Waals surface area contributed by atoms with Crippen LogP contribution in [0.25, 0.3) is 11.1 Å². The van der Waals surface area contributed by atoms with Crippen LogP contribution in [0.1, 0.15) is 30.3 Å². The van der Waals surface area contributed by atoms with Crippen molar-refractivity contribution in [1.82, 2.24) is 14.9 Å². The Labute approximate surface area is 185 Å². The first-order chi connectivity index (χ1) is 15.0. The summed E-state index contributed by atoms with van der Waals surface area (Å²) in [6.45, 7) is 3.01. The van der Waals surface area contributed by atoms with Crippen LogP contribution < -0.4 is 4.74 Å². The summed E-state index contributed by atoms with van der Waals surface area (Å²) >= 11 is 6.11. The largest absolute Gasteiger partial charge is 0.482 e. The number of ether oxygens (including phenoxy) is 1. The fourth-order valence-electron chi connectivity index (χ4n) is 3.87. The minimum atomic E-state index is -0.286. The van der Waals surface area contributed by atoms with E-state index in [4.69, 9.17) is 21.3 Å². The van der Waals surface area contributed by atoms with E-state index in [9.17, 15) is 9.18 Å². The predicted octanol–water partition coefficient (Wildman–Crippen LogP) is 5.03. The summed E-state index contributed by atoms with van der Waals surface area (Å²) in [7, 11) is 0. The van der Waals surface area contributed by atoms with E-state index in [2.05, 4.69) is 4.98 Å². The predicted molar refractivity (Wildman–Crippen MR) is 118 cm³/mol. The number of halogens is 2. The molecule has 7 heteroatoms. The SMILES string of the molecule is Cc1ncc(-c2ccc(F)cc2)c(C2CCCN(C(=O)COc3ccccc3Cl)C2)n1. The molecule has 31 heavy (non-hydrogen) atoms. The number of aromatic nitrogens is 2. The lowest BCUT2D eigenvalue weighted by molar-refractivity contribution is -0.134. The van der Waals surface area contributed by atoms with Gasteiger partial charge in [0.2, 0.25) is 0 Å². The Morgan fingerprint density at radius 2 is 2.00 bits per heavy atom. The molecule has 1 unspecified atom stereocenters. The summed E-state index contributed by atoms with van der Waals surface area (Å²) in [6, 6.07) is 13.4. The van der Waals surface area contributed by atoms with Gasteiger partial charge in [0.1, 0.15) is 17.4 Å². The van der Waals surface area contributed by atoms with E-state index < -0.39 is 0 Å². The van der Waals surface area contributed by atoms with Gasteiger partial charge in [0.25, 0.3) is 5.91 Å². The molecule has 1 atom stereocenters. The zero-order valence-electron chi connectivity index (χ0n) is 17.2. The zero-order valence-corrected chi connectivity index (χ0v) is 18.0. The van der Waals surface area contributed by atoms with Crippen molar-refractivity contribution in [3.8, 4) is 16.9 Å². The molecule has 1 amide bonds. The second-order valence-corrected chi connectivity index (χ2v) is 8.03. The third-order valence-corrected chi connectivity index (χ3v) is 5.75. The highest BCUT2D eigenvalue weighted by Gasteiger charge is 2.28. The Morgan fingerprint density at radius 3 is 2.77 bits per heavy atom. The maximum Gasteiger partial charge on any atom is 0.260 e. The lowest BCUT2D eigenvalue weighted by Crippen LogP contribution is -2.41. The van der Waals surface area contributed by atoms with Crippen LogP contribution in [-0.2, 0) is 4.79 Å². The number of aryl methyl sites for hydroxylation is 1. The third kappa shape index (κ3) is 5.02. The lowest BCUT2D eigenvalue weighted by Gasteiger charge is -2.33. The maximum atomic E-state index is 13.4. The van der Waals surface area contributed by atoms with Crippen molar-refractivity contribution in [2.45, 2.75) is 25.7 Å². The van der Waals surface area contributed by atoms with E-state index in [1.165, 1.54) is 12.1 Å². The number of amides is 1. The molecule has 0 N–H and O–H groups in total. The van der Waals surface area contributed by atoms with Gasteiger partial charge >= 0.3 is 0 Å². The van der Waals surface area contributed by atoms with Crippen molar-refractivity contribution in [2.75, 3.05) is 19.7 Å². The van der Waals surface area contributed by atoms with E-state index in [-0.39, 0.29) is 24.2 Å². The van der Waals surface area contributed by atoms with Gasteiger partial charge < -0.3 is 9.64 Å². The molecular weight excluding hydrogens is 417 g/mol. The number of nitrogens with zero attached hydrogens (tertiary/aromatic N) is 3. The zero-order chi connectivity index (χ0) is 21.8. The fourth-order valence-corrected chi connectivity index (χ4v) is 4.06. The van der Waals surface area contributed by atoms with Crippen LogP contribution in [0.2, 0.25) is 5.02 Å². The summed E-state index contributed by atoms with van der Waals surface area (Å²) < 4.78 is 19.0. The molecule has 0 saturated carbocycles. The Bertz CT molecular complexity index is 1070. The van der Waals surface area contributed by atoms with Crippen LogP contribution in [-0.4, -0.2) is 40.5 Å². The Hall–Kier alpha value is -2.99. The van der Waals surface area contributed by atoms with Crippen LogP contribution >= 0.6 is 11.6 Å². The van der Waals surface area contributed by atoms with Gasteiger partial charge in [0.15, 0.2) is 6.61 Å². The molecule has 0 spiro atoms. The highest BCUT2D eigenvalue weighted by atomic mass is 35.5. The molecule has 3 aromatic rings. The lowest BCUT2D eigenvalue weighted by atomic mass is 9.90.